The van der Waals surface area contributed by atoms with Gasteiger partial charge in [-0.15, -0.1) is 0 Å². The Bertz CT molecular complexity index is 507. The van der Waals surface area contributed by atoms with Gasteiger partial charge in [-0.3, -0.25) is 14.9 Å². The summed E-state index contributed by atoms with van der Waals surface area (Å²) in [5.74, 6) is 0.000438. The summed E-state index contributed by atoms with van der Waals surface area (Å²) < 4.78 is 0.524. The van der Waals surface area contributed by atoms with E-state index < -0.39 is 4.92 Å². The van der Waals surface area contributed by atoms with Gasteiger partial charge in [-0.1, -0.05) is 0 Å². The maximum atomic E-state index is 11.8. The number of rotatable bonds is 6. The molecule has 8 heteroatoms. The molecule has 0 atom stereocenters. The number of carbonyl (C=O) groups excluding carboxylic acids is 1. The Morgan fingerprint density at radius 1 is 1.60 bits per heavy atom. The van der Waals surface area contributed by atoms with Crippen molar-refractivity contribution in [3.63, 3.8) is 0 Å². The lowest BCUT2D eigenvalue weighted by atomic mass is 10.3. The Morgan fingerprint density at radius 2 is 2.25 bits per heavy atom. The Balaban J connectivity index is 3.00. The summed E-state index contributed by atoms with van der Waals surface area (Å²) in [4.78, 5) is 28.0. The van der Waals surface area contributed by atoms with Crippen LogP contribution in [0.1, 0.15) is 20.8 Å². The van der Waals surface area contributed by atoms with Gasteiger partial charge in [0.1, 0.15) is 0 Å². The first-order valence-corrected chi connectivity index (χ1v) is 6.98. The van der Waals surface area contributed by atoms with Crippen LogP contribution in [0.3, 0.4) is 0 Å². The quantitative estimate of drug-likeness (QED) is 0.630. The van der Waals surface area contributed by atoms with Crippen LogP contribution in [0.2, 0.25) is 0 Å². The summed E-state index contributed by atoms with van der Waals surface area (Å²) in [6.07, 6.45) is 1.48. The maximum Gasteiger partial charge on any atom is 0.312 e. The molecule has 0 saturated carbocycles. The van der Waals surface area contributed by atoms with Crippen LogP contribution >= 0.6 is 15.9 Å². The third-order valence-corrected chi connectivity index (χ3v) is 2.91. The second-order valence-electron chi connectivity index (χ2n) is 4.49. The first-order chi connectivity index (χ1) is 9.35. The van der Waals surface area contributed by atoms with Crippen LogP contribution in [0.4, 0.5) is 11.5 Å². The third-order valence-electron chi connectivity index (χ3n) is 2.48. The first-order valence-electron chi connectivity index (χ1n) is 6.19. The molecular formula is C12H17BrN4O3. The monoisotopic (exact) mass is 344 g/mol. The molecule has 1 aromatic rings. The molecule has 1 amide bonds. The number of hydrogen-bond donors (Lipinski definition) is 1. The van der Waals surface area contributed by atoms with Gasteiger partial charge < -0.3 is 10.2 Å². The molecule has 110 valence electrons. The molecule has 7 nitrogen and oxygen atoms in total. The standard InChI is InChI=1S/C12H17BrN4O3/c1-4-16(7-11(18)15-8(2)3)12-10(17(19)20)5-9(13)6-14-12/h5-6,8H,4,7H2,1-3H3,(H,15,18). The highest BCUT2D eigenvalue weighted by Gasteiger charge is 2.22. The highest BCUT2D eigenvalue weighted by molar-refractivity contribution is 9.10. The van der Waals surface area contributed by atoms with Crippen molar-refractivity contribution in [2.75, 3.05) is 18.0 Å². The summed E-state index contributed by atoms with van der Waals surface area (Å²) in [7, 11) is 0. The number of anilines is 1. The minimum Gasteiger partial charge on any atom is -0.352 e. The summed E-state index contributed by atoms with van der Waals surface area (Å²) in [5.41, 5.74) is -0.126. The van der Waals surface area contributed by atoms with Gasteiger partial charge in [0, 0.05) is 29.3 Å². The van der Waals surface area contributed by atoms with Gasteiger partial charge in [0.15, 0.2) is 0 Å². The number of halogens is 1. The van der Waals surface area contributed by atoms with Gasteiger partial charge >= 0.3 is 5.69 Å². The number of nitrogens with one attached hydrogen (secondary N) is 1. The van der Waals surface area contributed by atoms with Crippen molar-refractivity contribution in [3.05, 3.63) is 26.9 Å². The Morgan fingerprint density at radius 3 is 2.75 bits per heavy atom. The molecule has 0 radical (unpaired) electrons. The molecular weight excluding hydrogens is 328 g/mol. The molecule has 0 aliphatic heterocycles. The zero-order valence-corrected chi connectivity index (χ0v) is 13.2. The van der Waals surface area contributed by atoms with E-state index in [1.54, 1.807) is 4.90 Å². The number of likely N-dealkylation sites (N-methyl/N-ethyl adjacent to an activating group) is 1. The highest BCUT2D eigenvalue weighted by atomic mass is 79.9. The van der Waals surface area contributed by atoms with E-state index in [9.17, 15) is 14.9 Å². The Labute approximate surface area is 125 Å². The van der Waals surface area contributed by atoms with Crippen molar-refractivity contribution in [1.82, 2.24) is 10.3 Å². The van der Waals surface area contributed by atoms with Gasteiger partial charge in [0.05, 0.1) is 11.5 Å². The number of carbonyl (C=O) groups is 1. The molecule has 0 unspecified atom stereocenters. The second kappa shape index (κ2) is 7.18. The van der Waals surface area contributed by atoms with Crippen molar-refractivity contribution >= 4 is 33.3 Å². The summed E-state index contributed by atoms with van der Waals surface area (Å²) in [6, 6.07) is 1.40. The molecule has 0 fully saturated rings. The molecule has 0 bridgehead atoms. The number of amides is 1. The van der Waals surface area contributed by atoms with Crippen LogP contribution in [0, 0.1) is 10.1 Å². The lowest BCUT2D eigenvalue weighted by molar-refractivity contribution is -0.384. The first kappa shape index (κ1) is 16.4. The fourth-order valence-corrected chi connectivity index (χ4v) is 2.00. The summed E-state index contributed by atoms with van der Waals surface area (Å²) in [5, 5.41) is 13.8. The van der Waals surface area contributed by atoms with E-state index in [0.29, 0.717) is 11.0 Å². The van der Waals surface area contributed by atoms with Crippen molar-refractivity contribution in [2.45, 2.75) is 26.8 Å². The molecule has 0 spiro atoms. The van der Waals surface area contributed by atoms with Gasteiger partial charge in [-0.05, 0) is 36.7 Å². The van der Waals surface area contributed by atoms with E-state index >= 15 is 0 Å². The summed E-state index contributed by atoms with van der Waals surface area (Å²) in [6.45, 7) is 6.00. The van der Waals surface area contributed by atoms with Crippen molar-refractivity contribution in [1.29, 1.82) is 0 Å². The predicted molar refractivity (Wildman–Crippen MR) is 79.8 cm³/mol. The molecule has 0 saturated heterocycles. The molecule has 0 aromatic carbocycles. The van der Waals surface area contributed by atoms with Crippen molar-refractivity contribution in [3.8, 4) is 0 Å². The normalized spacial score (nSPS) is 10.4. The van der Waals surface area contributed by atoms with Gasteiger partial charge in [-0.2, -0.15) is 0 Å². The minimum absolute atomic E-state index is 0.0223. The zero-order valence-electron chi connectivity index (χ0n) is 11.6. The largest absolute Gasteiger partial charge is 0.352 e. The van der Waals surface area contributed by atoms with E-state index in [2.05, 4.69) is 26.2 Å². The maximum absolute atomic E-state index is 11.8. The topological polar surface area (TPSA) is 88.4 Å². The molecule has 1 heterocycles. The zero-order chi connectivity index (χ0) is 15.3. The predicted octanol–water partition coefficient (Wildman–Crippen LogP) is 2.10. The van der Waals surface area contributed by atoms with Crippen LogP contribution in [-0.2, 0) is 4.79 Å². The smallest absolute Gasteiger partial charge is 0.312 e. The fourth-order valence-electron chi connectivity index (χ4n) is 1.68. The molecule has 1 N–H and O–H groups in total. The number of aromatic nitrogens is 1. The second-order valence-corrected chi connectivity index (χ2v) is 5.41. The fraction of sp³-hybridized carbons (Fsp3) is 0.500. The van der Waals surface area contributed by atoms with Crippen LogP contribution in [0.25, 0.3) is 0 Å². The highest BCUT2D eigenvalue weighted by Crippen LogP contribution is 2.28. The number of nitro groups is 1. The average Bonchev–Trinajstić information content (AvgIpc) is 2.35. The molecule has 0 aliphatic rings. The number of pyridine rings is 1. The minimum atomic E-state index is -0.504. The van der Waals surface area contributed by atoms with Crippen LogP contribution in [-0.4, -0.2) is 34.9 Å². The Hall–Kier alpha value is -1.70. The van der Waals surface area contributed by atoms with Gasteiger partial charge in [0.2, 0.25) is 11.7 Å². The van der Waals surface area contributed by atoms with Crippen LogP contribution < -0.4 is 10.2 Å². The van der Waals surface area contributed by atoms with E-state index in [0.717, 1.165) is 0 Å². The molecule has 0 aliphatic carbocycles. The Kier molecular flexibility index (Phi) is 5.87. The van der Waals surface area contributed by atoms with Crippen molar-refractivity contribution in [2.24, 2.45) is 0 Å². The number of nitrogens with zero attached hydrogens (tertiary/aromatic N) is 3. The lowest BCUT2D eigenvalue weighted by Gasteiger charge is -2.21. The molecule has 1 rings (SSSR count). The van der Waals surface area contributed by atoms with E-state index in [1.165, 1.54) is 12.3 Å². The molecule has 20 heavy (non-hydrogen) atoms. The number of hydrogen-bond acceptors (Lipinski definition) is 5. The lowest BCUT2D eigenvalue weighted by Crippen LogP contribution is -2.40. The van der Waals surface area contributed by atoms with Crippen molar-refractivity contribution < 1.29 is 9.72 Å². The van der Waals surface area contributed by atoms with Crippen LogP contribution in [0.5, 0.6) is 0 Å². The van der Waals surface area contributed by atoms with E-state index in [-0.39, 0.29) is 30.0 Å². The molecule has 1 aromatic heterocycles. The van der Waals surface area contributed by atoms with E-state index in [1.807, 2.05) is 20.8 Å². The van der Waals surface area contributed by atoms with Crippen LogP contribution in [0.15, 0.2) is 16.7 Å². The average molecular weight is 345 g/mol. The van der Waals surface area contributed by atoms with Gasteiger partial charge in [-0.25, -0.2) is 4.98 Å². The van der Waals surface area contributed by atoms with E-state index in [4.69, 9.17) is 0 Å². The third kappa shape index (κ3) is 4.44. The summed E-state index contributed by atoms with van der Waals surface area (Å²) >= 11 is 3.15. The SMILES string of the molecule is CCN(CC(=O)NC(C)C)c1ncc(Br)cc1[N+](=O)[O-]. The van der Waals surface area contributed by atoms with Gasteiger partial charge in [0.25, 0.3) is 0 Å².